The van der Waals surface area contributed by atoms with Crippen molar-refractivity contribution in [2.75, 3.05) is 31.1 Å². The molecule has 1 atom stereocenters. The van der Waals surface area contributed by atoms with Gasteiger partial charge in [0.15, 0.2) is 0 Å². The lowest BCUT2D eigenvalue weighted by atomic mass is 9.75. The summed E-state index contributed by atoms with van der Waals surface area (Å²) in [5.74, 6) is -0.702. The van der Waals surface area contributed by atoms with E-state index in [1.54, 1.807) is 16.2 Å². The van der Waals surface area contributed by atoms with Crippen LogP contribution < -0.4 is 21.2 Å². The molecule has 1 spiro atoms. The van der Waals surface area contributed by atoms with E-state index in [0.717, 1.165) is 42.8 Å². The van der Waals surface area contributed by atoms with Crippen molar-refractivity contribution in [3.8, 4) is 11.1 Å². The van der Waals surface area contributed by atoms with Crippen LogP contribution in [0.2, 0.25) is 0 Å². The number of hydrogen-bond acceptors (Lipinski definition) is 5. The number of piperidine rings is 2. The Balaban J connectivity index is 1.42. The van der Waals surface area contributed by atoms with E-state index in [4.69, 9.17) is 0 Å². The zero-order chi connectivity index (χ0) is 23.4. The second-order valence-electron chi connectivity index (χ2n) is 10.0. The summed E-state index contributed by atoms with van der Waals surface area (Å²) >= 11 is 0. The standard InChI is InChI=1S/C26H29N5O3/c1-29-23-19(7-3-8-20(23)31(25(29)34)21-9-10-22(32)28-24(21)33)17-5-2-6-18(13-17)30-12-4-11-26(16-30)14-27-15-26/h2-3,5-8,13,21,27H,4,9-12,14-16H2,1H3,(H,28,32,33). The molecule has 4 heterocycles. The van der Waals surface area contributed by atoms with Crippen LogP contribution in [0, 0.1) is 5.41 Å². The van der Waals surface area contributed by atoms with Gasteiger partial charge in [-0.25, -0.2) is 4.79 Å². The van der Waals surface area contributed by atoms with Gasteiger partial charge in [0.2, 0.25) is 11.8 Å². The number of rotatable bonds is 3. The third kappa shape index (κ3) is 3.27. The summed E-state index contributed by atoms with van der Waals surface area (Å²) in [5, 5.41) is 5.82. The molecule has 6 rings (SSSR count). The smallest absolute Gasteiger partial charge is 0.329 e. The molecule has 3 aliphatic rings. The van der Waals surface area contributed by atoms with Crippen molar-refractivity contribution in [3.63, 3.8) is 0 Å². The summed E-state index contributed by atoms with van der Waals surface area (Å²) in [6.45, 7) is 4.31. The minimum atomic E-state index is -0.684. The maximum Gasteiger partial charge on any atom is 0.329 e. The Morgan fingerprint density at radius 3 is 2.65 bits per heavy atom. The van der Waals surface area contributed by atoms with Crippen LogP contribution in [0.5, 0.6) is 0 Å². The maximum atomic E-state index is 13.3. The van der Waals surface area contributed by atoms with E-state index in [-0.39, 0.29) is 18.0 Å². The number of carbonyl (C=O) groups excluding carboxylic acids is 2. The van der Waals surface area contributed by atoms with E-state index in [9.17, 15) is 14.4 Å². The van der Waals surface area contributed by atoms with Crippen LogP contribution in [0.15, 0.2) is 47.3 Å². The van der Waals surface area contributed by atoms with Crippen LogP contribution in [0.25, 0.3) is 22.2 Å². The van der Waals surface area contributed by atoms with Gasteiger partial charge in [0, 0.05) is 56.3 Å². The molecule has 3 aromatic rings. The Morgan fingerprint density at radius 2 is 1.88 bits per heavy atom. The molecule has 3 fully saturated rings. The first kappa shape index (κ1) is 21.2. The highest BCUT2D eigenvalue weighted by Gasteiger charge is 2.40. The average molecular weight is 460 g/mol. The van der Waals surface area contributed by atoms with E-state index < -0.39 is 11.9 Å². The fourth-order valence-corrected chi connectivity index (χ4v) is 5.97. The van der Waals surface area contributed by atoms with Gasteiger partial charge in [-0.05, 0) is 43.0 Å². The van der Waals surface area contributed by atoms with Gasteiger partial charge >= 0.3 is 5.69 Å². The number of nitrogens with one attached hydrogen (secondary N) is 2. The average Bonchev–Trinajstić information content (AvgIpc) is 3.08. The van der Waals surface area contributed by atoms with E-state index in [1.165, 1.54) is 18.5 Å². The number of para-hydroxylation sites is 1. The molecule has 34 heavy (non-hydrogen) atoms. The number of anilines is 1. The molecule has 8 heteroatoms. The molecule has 0 bridgehead atoms. The fourth-order valence-electron chi connectivity index (χ4n) is 5.97. The molecule has 2 aromatic carbocycles. The number of fused-ring (bicyclic) bond motifs is 1. The Morgan fingerprint density at radius 1 is 1.06 bits per heavy atom. The van der Waals surface area contributed by atoms with Crippen LogP contribution in [-0.2, 0) is 16.6 Å². The lowest BCUT2D eigenvalue weighted by molar-refractivity contribution is -0.135. The molecule has 1 unspecified atom stereocenters. The van der Waals surface area contributed by atoms with Crippen molar-refractivity contribution in [1.29, 1.82) is 0 Å². The lowest BCUT2D eigenvalue weighted by Gasteiger charge is -2.50. The minimum absolute atomic E-state index is 0.230. The van der Waals surface area contributed by atoms with Gasteiger partial charge in [-0.15, -0.1) is 0 Å². The second-order valence-corrected chi connectivity index (χ2v) is 10.0. The van der Waals surface area contributed by atoms with E-state index in [1.807, 2.05) is 18.2 Å². The summed E-state index contributed by atoms with van der Waals surface area (Å²) in [6, 6.07) is 13.7. The molecule has 2 amide bonds. The topological polar surface area (TPSA) is 88.4 Å². The summed E-state index contributed by atoms with van der Waals surface area (Å²) in [4.78, 5) is 40.0. The number of benzene rings is 2. The number of imide groups is 1. The summed E-state index contributed by atoms with van der Waals surface area (Å²) < 4.78 is 3.17. The number of imidazole rings is 1. The third-order valence-corrected chi connectivity index (χ3v) is 7.81. The Kier molecular flexibility index (Phi) is 4.88. The highest BCUT2D eigenvalue weighted by atomic mass is 16.2. The highest BCUT2D eigenvalue weighted by Crippen LogP contribution is 2.37. The van der Waals surface area contributed by atoms with E-state index >= 15 is 0 Å². The highest BCUT2D eigenvalue weighted by molar-refractivity contribution is 6.01. The first-order chi connectivity index (χ1) is 16.5. The van der Waals surface area contributed by atoms with Crippen LogP contribution in [0.4, 0.5) is 5.69 Å². The Labute approximate surface area is 197 Å². The van der Waals surface area contributed by atoms with Gasteiger partial charge < -0.3 is 10.2 Å². The SMILES string of the molecule is Cn1c(=O)n(C2CCC(=O)NC2=O)c2cccc(-c3cccc(N4CCCC5(CNC5)C4)c3)c21. The van der Waals surface area contributed by atoms with Crippen LogP contribution in [0.3, 0.4) is 0 Å². The van der Waals surface area contributed by atoms with Crippen molar-refractivity contribution in [1.82, 2.24) is 19.8 Å². The van der Waals surface area contributed by atoms with Crippen LogP contribution in [-0.4, -0.2) is 47.1 Å². The Bertz CT molecular complexity index is 1370. The molecule has 3 saturated heterocycles. The molecule has 0 radical (unpaired) electrons. The van der Waals surface area contributed by atoms with Crippen molar-refractivity contribution >= 4 is 28.5 Å². The Hall–Kier alpha value is -3.39. The monoisotopic (exact) mass is 459 g/mol. The van der Waals surface area contributed by atoms with Crippen LogP contribution in [0.1, 0.15) is 31.7 Å². The minimum Gasteiger partial charge on any atom is -0.371 e. The summed E-state index contributed by atoms with van der Waals surface area (Å²) in [7, 11) is 1.75. The van der Waals surface area contributed by atoms with Crippen molar-refractivity contribution in [2.24, 2.45) is 12.5 Å². The van der Waals surface area contributed by atoms with Crippen molar-refractivity contribution in [2.45, 2.75) is 31.7 Å². The van der Waals surface area contributed by atoms with Gasteiger partial charge in [-0.2, -0.15) is 0 Å². The zero-order valence-electron chi connectivity index (χ0n) is 19.3. The number of aryl methyl sites for hydroxylation is 1. The van der Waals surface area contributed by atoms with E-state index in [0.29, 0.717) is 17.4 Å². The molecular weight excluding hydrogens is 430 g/mol. The fraction of sp³-hybridized carbons (Fsp3) is 0.423. The molecular formula is C26H29N5O3. The van der Waals surface area contributed by atoms with Crippen molar-refractivity contribution < 1.29 is 9.59 Å². The summed E-state index contributed by atoms with van der Waals surface area (Å²) in [5.41, 5.74) is 4.87. The third-order valence-electron chi connectivity index (χ3n) is 7.81. The second kappa shape index (κ2) is 7.84. The maximum absolute atomic E-state index is 13.3. The normalized spacial score (nSPS) is 22.1. The summed E-state index contributed by atoms with van der Waals surface area (Å²) in [6.07, 6.45) is 3.04. The predicted octanol–water partition coefficient (Wildman–Crippen LogP) is 2.17. The van der Waals surface area contributed by atoms with Gasteiger partial charge in [0.05, 0.1) is 11.0 Å². The predicted molar refractivity (Wildman–Crippen MR) is 131 cm³/mol. The van der Waals surface area contributed by atoms with Gasteiger partial charge in [-0.1, -0.05) is 24.3 Å². The number of amides is 2. The first-order valence-electron chi connectivity index (χ1n) is 12.1. The van der Waals surface area contributed by atoms with Gasteiger partial charge in [0.25, 0.3) is 0 Å². The first-order valence-corrected chi connectivity index (χ1v) is 12.1. The molecule has 0 saturated carbocycles. The molecule has 2 N–H and O–H groups in total. The van der Waals surface area contributed by atoms with Gasteiger partial charge in [0.1, 0.15) is 6.04 Å². The number of aromatic nitrogens is 2. The van der Waals surface area contributed by atoms with Crippen molar-refractivity contribution in [3.05, 3.63) is 52.9 Å². The van der Waals surface area contributed by atoms with Crippen LogP contribution >= 0.6 is 0 Å². The van der Waals surface area contributed by atoms with Gasteiger partial charge in [-0.3, -0.25) is 24.0 Å². The quantitative estimate of drug-likeness (QED) is 0.586. The lowest BCUT2D eigenvalue weighted by Crippen LogP contribution is -2.61. The largest absolute Gasteiger partial charge is 0.371 e. The molecule has 176 valence electrons. The molecule has 1 aromatic heterocycles. The number of carbonyl (C=O) groups is 2. The molecule has 0 aliphatic carbocycles. The zero-order valence-corrected chi connectivity index (χ0v) is 19.3. The number of hydrogen-bond donors (Lipinski definition) is 2. The number of nitrogens with zero attached hydrogens (tertiary/aromatic N) is 3. The van der Waals surface area contributed by atoms with E-state index in [2.05, 4.69) is 39.8 Å². The molecule has 8 nitrogen and oxygen atoms in total. The molecule has 3 aliphatic heterocycles.